The van der Waals surface area contributed by atoms with Crippen molar-refractivity contribution in [3.63, 3.8) is 0 Å². The molecule has 0 spiro atoms. The van der Waals surface area contributed by atoms with Crippen molar-refractivity contribution in [1.29, 1.82) is 0 Å². The summed E-state index contributed by atoms with van der Waals surface area (Å²) in [5.41, 5.74) is 0.866. The summed E-state index contributed by atoms with van der Waals surface area (Å²) in [5, 5.41) is 19.9. The van der Waals surface area contributed by atoms with Crippen molar-refractivity contribution >= 4 is 21.6 Å². The highest BCUT2D eigenvalue weighted by atomic mass is 32.2. The predicted molar refractivity (Wildman–Crippen MR) is 96.3 cm³/mol. The van der Waals surface area contributed by atoms with E-state index in [1.165, 1.54) is 31.2 Å². The number of carbonyl (C=O) groups is 2. The molecule has 0 saturated heterocycles. The third-order valence-corrected chi connectivity index (χ3v) is 5.71. The highest BCUT2D eigenvalue weighted by Gasteiger charge is 2.31. The number of phenols is 1. The van der Waals surface area contributed by atoms with Gasteiger partial charge in [-0.3, -0.25) is 9.59 Å². The Labute approximate surface area is 156 Å². The molecule has 0 fully saturated rings. The van der Waals surface area contributed by atoms with Crippen LogP contribution in [0.1, 0.15) is 39.9 Å². The van der Waals surface area contributed by atoms with Gasteiger partial charge in [0.1, 0.15) is 17.1 Å². The molecule has 1 atom stereocenters. The molecule has 0 bridgehead atoms. The van der Waals surface area contributed by atoms with Gasteiger partial charge in [-0.2, -0.15) is 0 Å². The van der Waals surface area contributed by atoms with Crippen molar-refractivity contribution in [3.8, 4) is 11.5 Å². The first-order chi connectivity index (χ1) is 12.6. The van der Waals surface area contributed by atoms with Crippen LogP contribution in [0.15, 0.2) is 35.2 Å². The molecular weight excluding hydrogens is 372 g/mol. The highest BCUT2D eigenvalue weighted by Crippen LogP contribution is 2.42. The van der Waals surface area contributed by atoms with E-state index in [2.05, 4.69) is 0 Å². The number of sulfone groups is 1. The van der Waals surface area contributed by atoms with Crippen LogP contribution in [0.3, 0.4) is 0 Å². The summed E-state index contributed by atoms with van der Waals surface area (Å²) >= 11 is 0. The lowest BCUT2D eigenvalue weighted by Gasteiger charge is -2.16. The molecule has 0 aromatic heterocycles. The second kappa shape index (κ2) is 6.70. The Morgan fingerprint density at radius 3 is 2.37 bits per heavy atom. The molecule has 3 rings (SSSR count). The minimum absolute atomic E-state index is 0.0676. The zero-order valence-corrected chi connectivity index (χ0v) is 15.5. The first-order valence-electron chi connectivity index (χ1n) is 8.20. The van der Waals surface area contributed by atoms with Crippen molar-refractivity contribution in [2.24, 2.45) is 0 Å². The molecule has 2 aromatic carbocycles. The molecular formula is C19H18O7S. The van der Waals surface area contributed by atoms with Gasteiger partial charge >= 0.3 is 5.97 Å². The summed E-state index contributed by atoms with van der Waals surface area (Å²) in [7, 11) is -3.41. The standard InChI is InChI=1S/C19H18O7S/c1-10(19(22)23)14-9-12-7-8-26-18(12)15(17(14)21)16(20)11-3-5-13(6-4-11)27(2,24)25/h3-6,9-10,21H,7-8H2,1-2H3,(H,22,23). The number of fused-ring (bicyclic) bond motifs is 1. The van der Waals surface area contributed by atoms with Crippen LogP contribution < -0.4 is 4.74 Å². The lowest BCUT2D eigenvalue weighted by atomic mass is 9.90. The number of carboxylic acid groups (broad SMARTS) is 1. The topological polar surface area (TPSA) is 118 Å². The summed E-state index contributed by atoms with van der Waals surface area (Å²) in [5.74, 6) is -2.88. The molecule has 1 unspecified atom stereocenters. The summed E-state index contributed by atoms with van der Waals surface area (Å²) < 4.78 is 28.7. The summed E-state index contributed by atoms with van der Waals surface area (Å²) in [6.45, 7) is 1.75. The van der Waals surface area contributed by atoms with Gasteiger partial charge in [-0.15, -0.1) is 0 Å². The van der Waals surface area contributed by atoms with Gasteiger partial charge < -0.3 is 14.9 Å². The Bertz CT molecular complexity index is 1040. The molecule has 7 nitrogen and oxygen atoms in total. The van der Waals surface area contributed by atoms with Crippen molar-refractivity contribution in [1.82, 2.24) is 0 Å². The van der Waals surface area contributed by atoms with Gasteiger partial charge in [0, 0.05) is 23.8 Å². The van der Waals surface area contributed by atoms with Gasteiger partial charge in [0.05, 0.1) is 17.4 Å². The van der Waals surface area contributed by atoms with Crippen molar-refractivity contribution in [3.05, 3.63) is 52.6 Å². The van der Waals surface area contributed by atoms with E-state index in [0.717, 1.165) is 6.26 Å². The average Bonchev–Trinajstić information content (AvgIpc) is 3.07. The maximum Gasteiger partial charge on any atom is 0.310 e. The number of aromatic hydroxyl groups is 1. The fourth-order valence-electron chi connectivity index (χ4n) is 3.02. The van der Waals surface area contributed by atoms with E-state index < -0.39 is 33.3 Å². The van der Waals surface area contributed by atoms with Crippen LogP contribution in [0.2, 0.25) is 0 Å². The fraction of sp³-hybridized carbons (Fsp3) is 0.263. The van der Waals surface area contributed by atoms with Crippen molar-refractivity contribution in [2.75, 3.05) is 12.9 Å². The van der Waals surface area contributed by atoms with E-state index in [9.17, 15) is 28.2 Å². The Hall–Kier alpha value is -2.87. The second-order valence-electron chi connectivity index (χ2n) is 6.46. The number of carboxylic acids is 1. The molecule has 0 aliphatic carbocycles. The number of rotatable bonds is 5. The molecule has 0 amide bonds. The van der Waals surface area contributed by atoms with E-state index in [1.54, 1.807) is 6.07 Å². The Balaban J connectivity index is 2.13. The third kappa shape index (κ3) is 3.40. The van der Waals surface area contributed by atoms with E-state index in [4.69, 9.17) is 4.74 Å². The molecule has 27 heavy (non-hydrogen) atoms. The van der Waals surface area contributed by atoms with Gasteiger partial charge in [-0.05, 0) is 42.8 Å². The quantitative estimate of drug-likeness (QED) is 0.751. The minimum Gasteiger partial charge on any atom is -0.507 e. The van der Waals surface area contributed by atoms with Gasteiger partial charge in [0.2, 0.25) is 5.78 Å². The molecule has 2 aromatic rings. The molecule has 2 N–H and O–H groups in total. The summed E-state index contributed by atoms with van der Waals surface area (Å²) in [4.78, 5) is 24.4. The van der Waals surface area contributed by atoms with Crippen LogP contribution in [0.4, 0.5) is 0 Å². The van der Waals surface area contributed by atoms with E-state index in [0.29, 0.717) is 18.6 Å². The zero-order chi connectivity index (χ0) is 19.9. The molecule has 8 heteroatoms. The maximum absolute atomic E-state index is 13.0. The first kappa shape index (κ1) is 18.9. The van der Waals surface area contributed by atoms with Crippen LogP contribution >= 0.6 is 0 Å². The van der Waals surface area contributed by atoms with Gasteiger partial charge in [-0.1, -0.05) is 0 Å². The number of hydrogen-bond donors (Lipinski definition) is 2. The normalized spacial score (nSPS) is 14.3. The number of ether oxygens (including phenoxy) is 1. The molecule has 0 saturated carbocycles. The van der Waals surface area contributed by atoms with Crippen molar-refractivity contribution < 1.29 is 33.0 Å². The predicted octanol–water partition coefficient (Wildman–Crippen LogP) is 2.15. The molecule has 1 aliphatic heterocycles. The lowest BCUT2D eigenvalue weighted by Crippen LogP contribution is -2.11. The van der Waals surface area contributed by atoms with Gasteiger partial charge in [0.25, 0.3) is 0 Å². The van der Waals surface area contributed by atoms with Crippen LogP contribution in [0, 0.1) is 0 Å². The molecule has 142 valence electrons. The van der Waals surface area contributed by atoms with Crippen LogP contribution in [-0.2, 0) is 21.1 Å². The highest BCUT2D eigenvalue weighted by molar-refractivity contribution is 7.90. The Morgan fingerprint density at radius 2 is 1.81 bits per heavy atom. The number of benzene rings is 2. The summed E-state index contributed by atoms with van der Waals surface area (Å²) in [6, 6.07) is 6.88. The zero-order valence-electron chi connectivity index (χ0n) is 14.7. The van der Waals surface area contributed by atoms with Crippen LogP contribution in [-0.4, -0.2) is 43.2 Å². The van der Waals surface area contributed by atoms with Gasteiger partial charge in [0.15, 0.2) is 9.84 Å². The average molecular weight is 390 g/mol. The van der Waals surface area contributed by atoms with Crippen LogP contribution in [0.5, 0.6) is 11.5 Å². The van der Waals surface area contributed by atoms with Gasteiger partial charge in [-0.25, -0.2) is 8.42 Å². The monoisotopic (exact) mass is 390 g/mol. The van der Waals surface area contributed by atoms with E-state index in [-0.39, 0.29) is 27.3 Å². The number of phenolic OH excluding ortho intramolecular Hbond substituents is 1. The number of ketones is 1. The summed E-state index contributed by atoms with van der Waals surface area (Å²) in [6.07, 6.45) is 1.56. The van der Waals surface area contributed by atoms with Crippen molar-refractivity contribution in [2.45, 2.75) is 24.2 Å². The number of aliphatic carboxylic acids is 1. The first-order valence-corrected chi connectivity index (χ1v) is 10.1. The molecule has 0 radical (unpaired) electrons. The SMILES string of the molecule is CC(C(=O)O)c1cc2c(c(C(=O)c3ccc(S(C)(=O)=O)cc3)c1O)OCC2. The Morgan fingerprint density at radius 1 is 1.19 bits per heavy atom. The third-order valence-electron chi connectivity index (χ3n) is 4.59. The fourth-order valence-corrected chi connectivity index (χ4v) is 3.65. The number of hydrogen-bond acceptors (Lipinski definition) is 6. The maximum atomic E-state index is 13.0. The minimum atomic E-state index is -3.41. The largest absolute Gasteiger partial charge is 0.507 e. The van der Waals surface area contributed by atoms with Crippen LogP contribution in [0.25, 0.3) is 0 Å². The van der Waals surface area contributed by atoms with E-state index >= 15 is 0 Å². The smallest absolute Gasteiger partial charge is 0.310 e. The molecule has 1 heterocycles. The number of carbonyl (C=O) groups excluding carboxylic acids is 1. The lowest BCUT2D eigenvalue weighted by molar-refractivity contribution is -0.138. The second-order valence-corrected chi connectivity index (χ2v) is 8.48. The van der Waals surface area contributed by atoms with E-state index in [1.807, 2.05) is 0 Å². The Kier molecular flexibility index (Phi) is 4.69. The molecule has 1 aliphatic rings.